The molecule has 0 atom stereocenters. The van der Waals surface area contributed by atoms with Crippen LogP contribution >= 0.6 is 12.4 Å². The molecule has 0 aliphatic rings. The second kappa shape index (κ2) is 10.3. The maximum Gasteiger partial charge on any atom is 0.258 e. The molecule has 0 spiro atoms. The molecule has 0 saturated heterocycles. The molecular weight excluding hydrogens is 366 g/mol. The lowest BCUT2D eigenvalue weighted by molar-refractivity contribution is -0.114. The molecule has 0 unspecified atom stereocenters. The number of pyridine rings is 1. The molecule has 1 heterocycles. The van der Waals surface area contributed by atoms with Crippen molar-refractivity contribution in [3.8, 4) is 5.75 Å². The van der Waals surface area contributed by atoms with Gasteiger partial charge in [-0.2, -0.15) is 0 Å². The van der Waals surface area contributed by atoms with E-state index in [1.165, 1.54) is 6.92 Å². The van der Waals surface area contributed by atoms with Crippen LogP contribution in [0.15, 0.2) is 23.0 Å². The first-order valence-corrected chi connectivity index (χ1v) is 9.18. The molecule has 2 rings (SSSR count). The zero-order valence-corrected chi connectivity index (χ0v) is 17.3. The highest BCUT2D eigenvalue weighted by Crippen LogP contribution is 2.30. The summed E-state index contributed by atoms with van der Waals surface area (Å²) in [7, 11) is 0. The molecule has 1 aromatic heterocycles. The van der Waals surface area contributed by atoms with Crippen LogP contribution in [0.3, 0.4) is 0 Å². The summed E-state index contributed by atoms with van der Waals surface area (Å²) in [5.74, 6) is 0.783. The second-order valence-electron chi connectivity index (χ2n) is 6.93. The van der Waals surface area contributed by atoms with Gasteiger partial charge in [0.25, 0.3) is 5.56 Å². The lowest BCUT2D eigenvalue weighted by Crippen LogP contribution is -2.28. The van der Waals surface area contributed by atoms with Crippen molar-refractivity contribution in [3.63, 3.8) is 0 Å². The van der Waals surface area contributed by atoms with Crippen molar-refractivity contribution < 1.29 is 9.53 Å². The number of carbonyl (C=O) groups is 1. The molecule has 27 heavy (non-hydrogen) atoms. The Bertz CT molecular complexity index is 846. The Hall–Kier alpha value is -2.05. The smallest absolute Gasteiger partial charge is 0.258 e. The molecule has 0 saturated carbocycles. The third kappa shape index (κ3) is 5.47. The first-order chi connectivity index (χ1) is 12.4. The van der Waals surface area contributed by atoms with Gasteiger partial charge < -0.3 is 20.4 Å². The summed E-state index contributed by atoms with van der Waals surface area (Å²) in [6.45, 7) is 9.03. The minimum absolute atomic E-state index is 0. The number of nitrogens with one attached hydrogen (secondary N) is 1. The molecule has 0 fully saturated rings. The number of hydrogen-bond acceptors (Lipinski definition) is 4. The number of anilines is 1. The van der Waals surface area contributed by atoms with E-state index in [2.05, 4.69) is 26.1 Å². The third-order valence-electron chi connectivity index (χ3n) is 4.13. The number of fused-ring (bicyclic) bond motifs is 1. The predicted octanol–water partition coefficient (Wildman–Crippen LogP) is 3.68. The number of hydrogen-bond donors (Lipinski definition) is 2. The van der Waals surface area contributed by atoms with Crippen LogP contribution in [0.4, 0.5) is 5.69 Å². The van der Waals surface area contributed by atoms with E-state index in [0.717, 1.165) is 12.8 Å². The molecule has 6 nitrogen and oxygen atoms in total. The standard InChI is InChI=1S/C20H29N3O3.ClH/c1-5-6-9-26-19-17-10-15(22-14(4)24)7-8-16(17)20(25)23(12-13(2)3)18(19)11-21;/h7-8,10,13H,5-6,9,11-12,21H2,1-4H3,(H,22,24);1H. The van der Waals surface area contributed by atoms with Gasteiger partial charge in [0.2, 0.25) is 5.91 Å². The van der Waals surface area contributed by atoms with Crippen molar-refractivity contribution in [1.29, 1.82) is 0 Å². The molecule has 150 valence electrons. The van der Waals surface area contributed by atoms with Gasteiger partial charge in [-0.1, -0.05) is 27.2 Å². The molecule has 7 heteroatoms. The van der Waals surface area contributed by atoms with Crippen LogP contribution in [0.2, 0.25) is 0 Å². The average Bonchev–Trinajstić information content (AvgIpc) is 2.58. The van der Waals surface area contributed by atoms with E-state index >= 15 is 0 Å². The molecule has 0 radical (unpaired) electrons. The van der Waals surface area contributed by atoms with Crippen molar-refractivity contribution in [2.45, 2.75) is 53.6 Å². The van der Waals surface area contributed by atoms with Gasteiger partial charge in [-0.3, -0.25) is 9.59 Å². The molecule has 1 amide bonds. The Morgan fingerprint density at radius 2 is 2.00 bits per heavy atom. The monoisotopic (exact) mass is 395 g/mol. The summed E-state index contributed by atoms with van der Waals surface area (Å²) in [6, 6.07) is 5.27. The summed E-state index contributed by atoms with van der Waals surface area (Å²) >= 11 is 0. The van der Waals surface area contributed by atoms with Gasteiger partial charge in [0.15, 0.2) is 0 Å². The van der Waals surface area contributed by atoms with Crippen LogP contribution in [0.1, 0.15) is 46.2 Å². The van der Waals surface area contributed by atoms with Crippen LogP contribution in [-0.2, 0) is 17.9 Å². The maximum absolute atomic E-state index is 13.0. The summed E-state index contributed by atoms with van der Waals surface area (Å²) in [6.07, 6.45) is 1.93. The highest BCUT2D eigenvalue weighted by atomic mass is 35.5. The fourth-order valence-electron chi connectivity index (χ4n) is 2.99. The Balaban J connectivity index is 0.00000364. The van der Waals surface area contributed by atoms with E-state index < -0.39 is 0 Å². The number of nitrogens with two attached hydrogens (primary N) is 1. The Kier molecular flexibility index (Phi) is 8.79. The highest BCUT2D eigenvalue weighted by Gasteiger charge is 2.18. The van der Waals surface area contributed by atoms with Gasteiger partial charge in [0.1, 0.15) is 5.75 Å². The third-order valence-corrected chi connectivity index (χ3v) is 4.13. The van der Waals surface area contributed by atoms with E-state index in [9.17, 15) is 9.59 Å². The fourth-order valence-corrected chi connectivity index (χ4v) is 2.99. The Labute approximate surface area is 166 Å². The minimum Gasteiger partial charge on any atom is -0.491 e. The Morgan fingerprint density at radius 3 is 2.56 bits per heavy atom. The minimum atomic E-state index is -0.162. The molecule has 3 N–H and O–H groups in total. The molecular formula is C20H30ClN3O3. The van der Waals surface area contributed by atoms with Gasteiger partial charge in [0, 0.05) is 31.1 Å². The number of benzene rings is 1. The van der Waals surface area contributed by atoms with E-state index in [4.69, 9.17) is 10.5 Å². The number of aromatic nitrogens is 1. The van der Waals surface area contributed by atoms with Crippen LogP contribution in [0, 0.1) is 5.92 Å². The molecule has 2 aromatic rings. The number of halogens is 1. The lowest BCUT2D eigenvalue weighted by Gasteiger charge is -2.21. The zero-order valence-electron chi connectivity index (χ0n) is 16.5. The molecule has 1 aromatic carbocycles. The molecule has 0 bridgehead atoms. The van der Waals surface area contributed by atoms with Crippen LogP contribution in [0.5, 0.6) is 5.75 Å². The normalized spacial score (nSPS) is 10.7. The van der Waals surface area contributed by atoms with Crippen molar-refractivity contribution in [3.05, 3.63) is 34.2 Å². The van der Waals surface area contributed by atoms with E-state index in [-0.39, 0.29) is 30.4 Å². The van der Waals surface area contributed by atoms with Crippen LogP contribution < -0.4 is 21.3 Å². The van der Waals surface area contributed by atoms with Crippen molar-refractivity contribution in [2.24, 2.45) is 11.7 Å². The fraction of sp³-hybridized carbons (Fsp3) is 0.500. The van der Waals surface area contributed by atoms with Gasteiger partial charge in [0.05, 0.1) is 17.7 Å². The first-order valence-electron chi connectivity index (χ1n) is 9.18. The van der Waals surface area contributed by atoms with E-state index in [0.29, 0.717) is 47.0 Å². The van der Waals surface area contributed by atoms with Crippen molar-refractivity contribution in [1.82, 2.24) is 4.57 Å². The highest BCUT2D eigenvalue weighted by molar-refractivity contribution is 5.95. The summed E-state index contributed by atoms with van der Waals surface area (Å²) in [4.78, 5) is 24.4. The Morgan fingerprint density at radius 1 is 1.30 bits per heavy atom. The maximum atomic E-state index is 13.0. The van der Waals surface area contributed by atoms with Gasteiger partial charge in [-0.25, -0.2) is 0 Å². The van der Waals surface area contributed by atoms with Crippen LogP contribution in [-0.4, -0.2) is 17.1 Å². The lowest BCUT2D eigenvalue weighted by atomic mass is 10.1. The predicted molar refractivity (Wildman–Crippen MR) is 113 cm³/mol. The summed E-state index contributed by atoms with van der Waals surface area (Å²) in [5.41, 5.74) is 7.26. The van der Waals surface area contributed by atoms with Gasteiger partial charge in [-0.15, -0.1) is 12.4 Å². The quantitative estimate of drug-likeness (QED) is 0.667. The number of ether oxygens (including phenoxy) is 1. The van der Waals surface area contributed by atoms with E-state index in [1.54, 1.807) is 22.8 Å². The summed E-state index contributed by atoms with van der Waals surface area (Å²) in [5, 5.41) is 4.03. The van der Waals surface area contributed by atoms with Crippen molar-refractivity contribution in [2.75, 3.05) is 11.9 Å². The van der Waals surface area contributed by atoms with Gasteiger partial charge in [-0.05, 0) is 30.5 Å². The number of carbonyl (C=O) groups excluding carboxylic acids is 1. The second-order valence-corrected chi connectivity index (χ2v) is 6.93. The number of nitrogens with zero attached hydrogens (tertiary/aromatic N) is 1. The molecule has 0 aliphatic carbocycles. The first kappa shape index (κ1) is 23.0. The van der Waals surface area contributed by atoms with Gasteiger partial charge >= 0.3 is 0 Å². The zero-order chi connectivity index (χ0) is 19.3. The van der Waals surface area contributed by atoms with E-state index in [1.807, 2.05) is 0 Å². The van der Waals surface area contributed by atoms with Crippen LogP contribution in [0.25, 0.3) is 10.8 Å². The number of amides is 1. The van der Waals surface area contributed by atoms with Crippen molar-refractivity contribution >= 4 is 34.8 Å². The topological polar surface area (TPSA) is 86.3 Å². The summed E-state index contributed by atoms with van der Waals surface area (Å²) < 4.78 is 7.80. The number of rotatable bonds is 8. The largest absolute Gasteiger partial charge is 0.491 e. The molecule has 0 aliphatic heterocycles. The number of unbranched alkanes of at least 4 members (excludes halogenated alkanes) is 1. The SMILES string of the molecule is CCCCOc1c(CN)n(CC(C)C)c(=O)c2ccc(NC(C)=O)cc12.Cl. The average molecular weight is 396 g/mol.